The summed E-state index contributed by atoms with van der Waals surface area (Å²) in [5, 5.41) is 3.11. The summed E-state index contributed by atoms with van der Waals surface area (Å²) in [6.45, 7) is 0. The molecule has 19 heavy (non-hydrogen) atoms. The van der Waals surface area contributed by atoms with Gasteiger partial charge in [0.15, 0.2) is 5.82 Å². The van der Waals surface area contributed by atoms with Crippen LogP contribution in [0.3, 0.4) is 0 Å². The van der Waals surface area contributed by atoms with E-state index in [0.717, 1.165) is 35.5 Å². The molecule has 2 heterocycles. The lowest BCUT2D eigenvalue weighted by molar-refractivity contribution is 0.982. The van der Waals surface area contributed by atoms with Crippen molar-refractivity contribution in [3.63, 3.8) is 0 Å². The van der Waals surface area contributed by atoms with Crippen molar-refractivity contribution in [2.45, 2.75) is 18.8 Å². The van der Waals surface area contributed by atoms with Crippen molar-refractivity contribution >= 4 is 60.6 Å². The van der Waals surface area contributed by atoms with Crippen LogP contribution in [0.4, 0.5) is 5.82 Å². The Labute approximate surface area is 137 Å². The summed E-state index contributed by atoms with van der Waals surface area (Å²) in [5.74, 6) is 2.11. The second-order valence-corrected chi connectivity index (χ2v) is 7.65. The van der Waals surface area contributed by atoms with Crippen LogP contribution < -0.4 is 5.32 Å². The predicted octanol–water partition coefficient (Wildman–Crippen LogP) is 5.30. The number of aromatic nitrogens is 2. The highest BCUT2D eigenvalue weighted by Crippen LogP contribution is 2.45. The highest BCUT2D eigenvalue weighted by atomic mass is 79.9. The van der Waals surface area contributed by atoms with Crippen LogP contribution >= 0.6 is 54.8 Å². The van der Waals surface area contributed by atoms with Crippen molar-refractivity contribution in [3.05, 3.63) is 25.0 Å². The first-order valence-electron chi connectivity index (χ1n) is 5.80. The van der Waals surface area contributed by atoms with Crippen molar-refractivity contribution in [1.82, 2.24) is 9.97 Å². The molecule has 7 heteroatoms. The van der Waals surface area contributed by atoms with E-state index in [-0.39, 0.29) is 0 Å². The van der Waals surface area contributed by atoms with Crippen LogP contribution in [0.2, 0.25) is 4.34 Å². The molecule has 2 aromatic rings. The molecule has 0 unspecified atom stereocenters. The highest BCUT2D eigenvalue weighted by molar-refractivity contribution is 9.11. The zero-order valence-electron chi connectivity index (χ0n) is 10.0. The average molecular weight is 424 g/mol. The Kier molecular flexibility index (Phi) is 3.86. The number of hydrogen-bond acceptors (Lipinski definition) is 4. The number of hydrogen-bond donors (Lipinski definition) is 1. The number of halogens is 3. The van der Waals surface area contributed by atoms with Gasteiger partial charge in [0.2, 0.25) is 0 Å². The van der Waals surface area contributed by atoms with E-state index < -0.39 is 0 Å². The molecule has 0 saturated heterocycles. The molecule has 0 spiro atoms. The first-order chi connectivity index (χ1) is 9.10. The Morgan fingerprint density at radius 3 is 2.63 bits per heavy atom. The summed E-state index contributed by atoms with van der Waals surface area (Å²) in [7, 11) is 1.87. The van der Waals surface area contributed by atoms with Gasteiger partial charge in [-0.15, -0.1) is 11.3 Å². The van der Waals surface area contributed by atoms with Gasteiger partial charge in [-0.1, -0.05) is 11.6 Å². The van der Waals surface area contributed by atoms with Gasteiger partial charge in [-0.2, -0.15) is 0 Å². The topological polar surface area (TPSA) is 37.8 Å². The smallest absolute Gasteiger partial charge is 0.172 e. The van der Waals surface area contributed by atoms with Gasteiger partial charge in [-0.05, 0) is 50.8 Å². The number of nitrogens with zero attached hydrogens (tertiary/aromatic N) is 2. The first-order valence-corrected chi connectivity index (χ1v) is 8.58. The van der Waals surface area contributed by atoms with Crippen LogP contribution in [0.1, 0.15) is 24.5 Å². The van der Waals surface area contributed by atoms with E-state index in [2.05, 4.69) is 42.2 Å². The molecule has 2 aromatic heterocycles. The minimum absolute atomic E-state index is 0.557. The third-order valence-electron chi connectivity index (χ3n) is 2.94. The molecule has 0 radical (unpaired) electrons. The zero-order valence-corrected chi connectivity index (χ0v) is 14.7. The van der Waals surface area contributed by atoms with Crippen LogP contribution in [-0.4, -0.2) is 17.0 Å². The summed E-state index contributed by atoms with van der Waals surface area (Å²) in [6, 6.07) is 1.96. The van der Waals surface area contributed by atoms with Crippen molar-refractivity contribution in [3.8, 4) is 10.7 Å². The third kappa shape index (κ3) is 2.68. The molecule has 1 saturated carbocycles. The van der Waals surface area contributed by atoms with Crippen molar-refractivity contribution in [1.29, 1.82) is 0 Å². The average Bonchev–Trinajstić information content (AvgIpc) is 3.17. The van der Waals surface area contributed by atoms with Gasteiger partial charge < -0.3 is 5.32 Å². The maximum absolute atomic E-state index is 6.09. The summed E-state index contributed by atoms with van der Waals surface area (Å²) in [5.41, 5.74) is 1.09. The van der Waals surface area contributed by atoms with Gasteiger partial charge in [0.25, 0.3) is 0 Å². The fraction of sp³-hybridized carbons (Fsp3) is 0.333. The lowest BCUT2D eigenvalue weighted by Crippen LogP contribution is -2.02. The zero-order chi connectivity index (χ0) is 13.6. The monoisotopic (exact) mass is 421 g/mol. The molecule has 1 aliphatic carbocycles. The Morgan fingerprint density at radius 1 is 1.37 bits per heavy atom. The van der Waals surface area contributed by atoms with E-state index in [9.17, 15) is 0 Å². The maximum atomic E-state index is 6.09. The van der Waals surface area contributed by atoms with E-state index >= 15 is 0 Å². The van der Waals surface area contributed by atoms with E-state index in [0.29, 0.717) is 5.92 Å². The normalized spacial score (nSPS) is 14.7. The summed E-state index contributed by atoms with van der Waals surface area (Å²) >= 11 is 14.6. The molecule has 3 rings (SSSR count). The van der Waals surface area contributed by atoms with Crippen molar-refractivity contribution in [2.75, 3.05) is 12.4 Å². The van der Waals surface area contributed by atoms with Crippen LogP contribution in [0.15, 0.2) is 15.0 Å². The summed E-state index contributed by atoms with van der Waals surface area (Å²) < 4.78 is 2.59. The fourth-order valence-corrected chi connectivity index (χ4v) is 4.16. The van der Waals surface area contributed by atoms with E-state index in [1.165, 1.54) is 24.2 Å². The Bertz CT molecular complexity index is 621. The third-order valence-corrected chi connectivity index (χ3v) is 6.20. The largest absolute Gasteiger partial charge is 0.372 e. The SMILES string of the molecule is CNc1nc(-c2cc(Br)c(Cl)s2)nc(C2CC2)c1Br. The van der Waals surface area contributed by atoms with Gasteiger partial charge in [0, 0.05) is 17.4 Å². The molecule has 1 aliphatic rings. The Balaban J connectivity index is 2.12. The maximum Gasteiger partial charge on any atom is 0.172 e. The van der Waals surface area contributed by atoms with E-state index in [4.69, 9.17) is 16.6 Å². The van der Waals surface area contributed by atoms with E-state index in [1.54, 1.807) is 0 Å². The molecule has 0 aliphatic heterocycles. The quantitative estimate of drug-likeness (QED) is 0.728. The second kappa shape index (κ2) is 5.31. The van der Waals surface area contributed by atoms with Gasteiger partial charge in [0.05, 0.1) is 15.0 Å². The number of rotatable bonds is 3. The van der Waals surface area contributed by atoms with Crippen LogP contribution in [0, 0.1) is 0 Å². The molecule has 0 atom stereocenters. The predicted molar refractivity (Wildman–Crippen MR) is 87.3 cm³/mol. The Morgan fingerprint density at radius 2 is 2.11 bits per heavy atom. The molecule has 100 valence electrons. The minimum Gasteiger partial charge on any atom is -0.372 e. The second-order valence-electron chi connectivity index (χ2n) is 4.35. The van der Waals surface area contributed by atoms with Crippen LogP contribution in [-0.2, 0) is 0 Å². The molecule has 0 bridgehead atoms. The van der Waals surface area contributed by atoms with E-state index in [1.807, 2.05) is 13.1 Å². The molecule has 1 fully saturated rings. The number of anilines is 1. The van der Waals surface area contributed by atoms with Gasteiger partial charge in [-0.3, -0.25) is 0 Å². The van der Waals surface area contributed by atoms with Crippen LogP contribution in [0.25, 0.3) is 10.7 Å². The number of thiophene rings is 1. The molecule has 3 nitrogen and oxygen atoms in total. The standard InChI is InChI=1S/C12H10Br2ClN3S/c1-16-12-8(14)9(5-2-3-5)17-11(18-12)7-4-6(13)10(15)19-7/h4-5H,2-3H2,1H3,(H,16,17,18). The molecular formula is C12H10Br2ClN3S. The van der Waals surface area contributed by atoms with Crippen LogP contribution in [0.5, 0.6) is 0 Å². The van der Waals surface area contributed by atoms with Crippen molar-refractivity contribution < 1.29 is 0 Å². The first kappa shape index (κ1) is 13.8. The summed E-state index contributed by atoms with van der Waals surface area (Å²) in [4.78, 5) is 10.2. The van der Waals surface area contributed by atoms with Gasteiger partial charge in [-0.25, -0.2) is 9.97 Å². The van der Waals surface area contributed by atoms with Gasteiger partial charge in [0.1, 0.15) is 10.2 Å². The van der Waals surface area contributed by atoms with Crippen molar-refractivity contribution in [2.24, 2.45) is 0 Å². The number of nitrogens with one attached hydrogen (secondary N) is 1. The molecule has 1 N–H and O–H groups in total. The molecule has 0 aromatic carbocycles. The van der Waals surface area contributed by atoms with Gasteiger partial charge >= 0.3 is 0 Å². The lowest BCUT2D eigenvalue weighted by Gasteiger charge is -2.09. The highest BCUT2D eigenvalue weighted by Gasteiger charge is 2.29. The molecule has 0 amide bonds. The Hall–Kier alpha value is -0.170. The summed E-state index contributed by atoms with van der Waals surface area (Å²) in [6.07, 6.45) is 2.40. The fourth-order valence-electron chi connectivity index (χ4n) is 1.82. The molecular weight excluding hydrogens is 413 g/mol. The lowest BCUT2D eigenvalue weighted by atomic mass is 10.2. The minimum atomic E-state index is 0.557.